The van der Waals surface area contributed by atoms with Gasteiger partial charge in [-0.15, -0.1) is 0 Å². The molecule has 0 aliphatic rings. The molecule has 0 aromatic heterocycles. The Bertz CT molecular complexity index is 609. The molecule has 3 nitrogen and oxygen atoms in total. The Morgan fingerprint density at radius 1 is 1.05 bits per heavy atom. The number of aliphatic hydroxyl groups is 1. The molecule has 0 amide bonds. The molecule has 20 heavy (non-hydrogen) atoms. The molecule has 0 aliphatic carbocycles. The summed E-state index contributed by atoms with van der Waals surface area (Å²) in [6, 6.07) is 15.1. The van der Waals surface area contributed by atoms with Gasteiger partial charge in [0.05, 0.1) is 13.7 Å². The van der Waals surface area contributed by atoms with E-state index in [1.807, 2.05) is 30.3 Å². The minimum atomic E-state index is -0.0234. The van der Waals surface area contributed by atoms with Gasteiger partial charge in [0.25, 0.3) is 0 Å². The van der Waals surface area contributed by atoms with Crippen molar-refractivity contribution in [1.82, 2.24) is 0 Å². The zero-order valence-corrected chi connectivity index (χ0v) is 11.3. The second kappa shape index (κ2) is 7.22. The van der Waals surface area contributed by atoms with E-state index < -0.39 is 0 Å². The van der Waals surface area contributed by atoms with Crippen LogP contribution >= 0.6 is 0 Å². The summed E-state index contributed by atoms with van der Waals surface area (Å²) in [7, 11) is 1.57. The van der Waals surface area contributed by atoms with Gasteiger partial charge < -0.3 is 14.6 Å². The first kappa shape index (κ1) is 14.0. The minimum absolute atomic E-state index is 0.0234. The summed E-state index contributed by atoms with van der Waals surface area (Å²) in [5.41, 5.74) is 1.74. The van der Waals surface area contributed by atoms with Crippen LogP contribution in [0.15, 0.2) is 48.5 Å². The van der Waals surface area contributed by atoms with Gasteiger partial charge in [0, 0.05) is 5.56 Å². The van der Waals surface area contributed by atoms with Gasteiger partial charge in [-0.1, -0.05) is 36.1 Å². The highest BCUT2D eigenvalue weighted by molar-refractivity contribution is 5.43. The van der Waals surface area contributed by atoms with E-state index in [-0.39, 0.29) is 13.2 Å². The Hall–Kier alpha value is -2.44. The normalized spacial score (nSPS) is 9.50. The number of aliphatic hydroxyl groups excluding tert-OH is 1. The molecule has 2 rings (SSSR count). The molecule has 0 atom stereocenters. The first-order valence-corrected chi connectivity index (χ1v) is 6.28. The molecular formula is C17H16O3. The Kier molecular flexibility index (Phi) is 5.05. The first-order chi connectivity index (χ1) is 9.83. The van der Waals surface area contributed by atoms with Gasteiger partial charge in [-0.25, -0.2) is 0 Å². The van der Waals surface area contributed by atoms with Crippen LogP contribution in [-0.2, 0) is 6.61 Å². The number of benzene rings is 2. The molecule has 2 aromatic rings. The number of rotatable bonds is 4. The summed E-state index contributed by atoms with van der Waals surface area (Å²) < 4.78 is 10.8. The molecule has 0 saturated carbocycles. The second-order valence-corrected chi connectivity index (χ2v) is 4.10. The third kappa shape index (κ3) is 3.78. The van der Waals surface area contributed by atoms with Crippen molar-refractivity contribution in [2.45, 2.75) is 6.61 Å². The molecule has 0 spiro atoms. The Morgan fingerprint density at radius 3 is 2.55 bits per heavy atom. The average molecular weight is 268 g/mol. The van der Waals surface area contributed by atoms with Crippen LogP contribution in [0, 0.1) is 11.8 Å². The fourth-order valence-electron chi connectivity index (χ4n) is 1.70. The predicted molar refractivity (Wildman–Crippen MR) is 77.7 cm³/mol. The van der Waals surface area contributed by atoms with Crippen molar-refractivity contribution in [3.8, 4) is 23.3 Å². The first-order valence-electron chi connectivity index (χ1n) is 6.28. The van der Waals surface area contributed by atoms with Crippen molar-refractivity contribution in [2.75, 3.05) is 13.7 Å². The van der Waals surface area contributed by atoms with Crippen LogP contribution in [-0.4, -0.2) is 18.8 Å². The standard InChI is InChI=1S/C17H16O3/c1-19-17-12-15(13-18)9-10-16(17)20-11-5-8-14-6-3-2-4-7-14/h2-4,6-7,9-10,12,18H,11,13H2,1H3. The van der Waals surface area contributed by atoms with Gasteiger partial charge >= 0.3 is 0 Å². The fourth-order valence-corrected chi connectivity index (χ4v) is 1.70. The van der Waals surface area contributed by atoms with Gasteiger partial charge in [-0.05, 0) is 29.8 Å². The maximum atomic E-state index is 9.07. The van der Waals surface area contributed by atoms with Crippen LogP contribution in [0.1, 0.15) is 11.1 Å². The molecule has 3 heteroatoms. The van der Waals surface area contributed by atoms with Crippen LogP contribution in [0.25, 0.3) is 0 Å². The zero-order valence-electron chi connectivity index (χ0n) is 11.3. The van der Waals surface area contributed by atoms with Crippen LogP contribution in [0.2, 0.25) is 0 Å². The molecule has 0 unspecified atom stereocenters. The van der Waals surface area contributed by atoms with Gasteiger partial charge in [0.2, 0.25) is 0 Å². The van der Waals surface area contributed by atoms with Crippen molar-refractivity contribution in [2.24, 2.45) is 0 Å². The topological polar surface area (TPSA) is 38.7 Å². The SMILES string of the molecule is COc1cc(CO)ccc1OCC#Cc1ccccc1. The van der Waals surface area contributed by atoms with Crippen molar-refractivity contribution in [3.05, 3.63) is 59.7 Å². The highest BCUT2D eigenvalue weighted by Crippen LogP contribution is 2.27. The Morgan fingerprint density at radius 2 is 1.85 bits per heavy atom. The number of hydrogen-bond donors (Lipinski definition) is 1. The zero-order chi connectivity index (χ0) is 14.2. The molecule has 0 radical (unpaired) electrons. The van der Waals surface area contributed by atoms with E-state index in [1.54, 1.807) is 25.3 Å². The molecular weight excluding hydrogens is 252 g/mol. The molecule has 0 fully saturated rings. The molecule has 0 bridgehead atoms. The molecule has 2 aromatic carbocycles. The predicted octanol–water partition coefficient (Wildman–Crippen LogP) is 2.62. The Labute approximate surface area is 118 Å². The van der Waals surface area contributed by atoms with Crippen molar-refractivity contribution in [3.63, 3.8) is 0 Å². The lowest BCUT2D eigenvalue weighted by molar-refractivity contribution is 0.279. The minimum Gasteiger partial charge on any atom is -0.493 e. The smallest absolute Gasteiger partial charge is 0.162 e. The van der Waals surface area contributed by atoms with E-state index in [0.717, 1.165) is 11.1 Å². The lowest BCUT2D eigenvalue weighted by Crippen LogP contribution is -1.98. The Balaban J connectivity index is 1.99. The monoisotopic (exact) mass is 268 g/mol. The second-order valence-electron chi connectivity index (χ2n) is 4.10. The third-order valence-corrected chi connectivity index (χ3v) is 2.72. The quantitative estimate of drug-likeness (QED) is 0.866. The molecule has 0 aliphatic heterocycles. The van der Waals surface area contributed by atoms with Crippen molar-refractivity contribution < 1.29 is 14.6 Å². The van der Waals surface area contributed by atoms with Gasteiger partial charge in [0.1, 0.15) is 6.61 Å². The van der Waals surface area contributed by atoms with Gasteiger partial charge in [0.15, 0.2) is 11.5 Å². The number of hydrogen-bond acceptors (Lipinski definition) is 3. The molecule has 0 saturated heterocycles. The largest absolute Gasteiger partial charge is 0.493 e. The molecule has 102 valence electrons. The molecule has 0 heterocycles. The van der Waals surface area contributed by atoms with E-state index in [4.69, 9.17) is 14.6 Å². The van der Waals surface area contributed by atoms with Crippen molar-refractivity contribution in [1.29, 1.82) is 0 Å². The fraction of sp³-hybridized carbons (Fsp3) is 0.176. The summed E-state index contributed by atoms with van der Waals surface area (Å²) in [4.78, 5) is 0. The van der Waals surface area contributed by atoms with Crippen LogP contribution in [0.4, 0.5) is 0 Å². The number of methoxy groups -OCH3 is 1. The maximum absolute atomic E-state index is 9.07. The maximum Gasteiger partial charge on any atom is 0.162 e. The van der Waals surface area contributed by atoms with Gasteiger partial charge in [-0.2, -0.15) is 0 Å². The number of ether oxygens (including phenoxy) is 2. The van der Waals surface area contributed by atoms with E-state index >= 15 is 0 Å². The lowest BCUT2D eigenvalue weighted by Gasteiger charge is -2.09. The summed E-state index contributed by atoms with van der Waals surface area (Å²) in [6.45, 7) is 0.258. The molecule has 1 N–H and O–H groups in total. The van der Waals surface area contributed by atoms with E-state index in [0.29, 0.717) is 11.5 Å². The van der Waals surface area contributed by atoms with Gasteiger partial charge in [-0.3, -0.25) is 0 Å². The lowest BCUT2D eigenvalue weighted by atomic mass is 10.2. The highest BCUT2D eigenvalue weighted by Gasteiger charge is 2.04. The summed E-state index contributed by atoms with van der Waals surface area (Å²) in [5, 5.41) is 9.07. The van der Waals surface area contributed by atoms with Crippen LogP contribution in [0.5, 0.6) is 11.5 Å². The van der Waals surface area contributed by atoms with E-state index in [9.17, 15) is 0 Å². The third-order valence-electron chi connectivity index (χ3n) is 2.72. The average Bonchev–Trinajstić information content (AvgIpc) is 2.52. The van der Waals surface area contributed by atoms with Crippen LogP contribution in [0.3, 0.4) is 0 Å². The summed E-state index contributed by atoms with van der Waals surface area (Å²) >= 11 is 0. The van der Waals surface area contributed by atoms with Crippen molar-refractivity contribution >= 4 is 0 Å². The highest BCUT2D eigenvalue weighted by atomic mass is 16.5. The summed E-state index contributed by atoms with van der Waals surface area (Å²) in [5.74, 6) is 7.19. The van der Waals surface area contributed by atoms with E-state index in [2.05, 4.69) is 11.8 Å². The van der Waals surface area contributed by atoms with E-state index in [1.165, 1.54) is 0 Å². The summed E-state index contributed by atoms with van der Waals surface area (Å²) in [6.07, 6.45) is 0. The van der Waals surface area contributed by atoms with Crippen LogP contribution < -0.4 is 9.47 Å².